The predicted molar refractivity (Wildman–Crippen MR) is 207 cm³/mol. The number of nitrogens with two attached hydrogens (primary N) is 2. The lowest BCUT2D eigenvalue weighted by Crippen LogP contribution is -1.70. The van der Waals surface area contributed by atoms with E-state index in [0.717, 1.165) is 0 Å². The molecule has 0 aliphatic carbocycles. The minimum Gasteiger partial charge on any atom is -0.303 e. The first kappa shape index (κ1) is 67.2. The number of rotatable bonds is 40. The van der Waals surface area contributed by atoms with Gasteiger partial charge in [-0.05, 0) is 73.1 Å². The molecule has 84 nitrogen and oxygen atoms in total. The van der Waals surface area contributed by atoms with Gasteiger partial charge < -0.3 is 11.7 Å². The van der Waals surface area contributed by atoms with Crippen LogP contribution in [-0.2, 0) is 0 Å². The highest BCUT2D eigenvalue weighted by atomic mass is 15.8. The molecule has 0 saturated heterocycles. The van der Waals surface area contributed by atoms with E-state index >= 15 is 0 Å². The summed E-state index contributed by atoms with van der Waals surface area (Å²) in [6.45, 7) is 0. The van der Waals surface area contributed by atoms with Crippen molar-refractivity contribution in [3.05, 3.63) is 0 Å². The van der Waals surface area contributed by atoms with Crippen LogP contribution >= 0.6 is 0 Å². The SMILES string of the molecule is N/N=N/N=N/N=N/N=N/N=N/N=N/N=N/N=N/N=N/N=N/N=N/N=N/N=N/N=N/N=N/N=N/N=N/N=N/N=N/N=N/N=N/N=N/N=N/N=N/N=N/N=N/N=N/N=N/N=N/N=N/N=N/N=N/N=N/N=N/N=N/N=N/N=N/N=N/N=N/N=N/N=N/N. The van der Waals surface area contributed by atoms with Crippen molar-refractivity contribution in [2.24, 2.45) is 440 Å². The van der Waals surface area contributed by atoms with Crippen molar-refractivity contribution in [1.29, 1.82) is 0 Å². The van der Waals surface area contributed by atoms with Gasteiger partial charge in [0.15, 0.2) is 0 Å². The van der Waals surface area contributed by atoms with Gasteiger partial charge in [0, 0.05) is 345 Å². The zero-order valence-corrected chi connectivity index (χ0v) is 37.8. The molecule has 0 aromatic carbocycles. The highest BCUT2D eigenvalue weighted by molar-refractivity contribution is 4.21. The van der Waals surface area contributed by atoms with Crippen LogP contribution in [0.25, 0.3) is 0 Å². The maximum Gasteiger partial charge on any atom is 0 e. The van der Waals surface area contributed by atoms with Crippen molar-refractivity contribution in [1.82, 2.24) is 0 Å². The summed E-state index contributed by atoms with van der Waals surface area (Å²) >= 11 is 0. The molecule has 0 radical (unpaired) electrons. The molecule has 0 aliphatic rings. The molecule has 0 aromatic rings. The molecule has 0 bridgehead atoms. The number of hydrogen-bond donors (Lipinski definition) is 2. The van der Waals surface area contributed by atoms with Crippen LogP contribution in [0.4, 0.5) is 0 Å². The van der Waals surface area contributed by atoms with Crippen LogP contribution in [-0.4, -0.2) is 0 Å². The molecule has 4 N–H and O–H groups in total. The molecule has 84 heteroatoms. The lowest BCUT2D eigenvalue weighted by Gasteiger charge is -1.71. The Morgan fingerprint density at radius 1 is 0.0595 bits per heavy atom. The zero-order valence-electron chi connectivity index (χ0n) is 37.8. The third-order valence-corrected chi connectivity index (χ3v) is 3.26. The van der Waals surface area contributed by atoms with Gasteiger partial charge in [0.05, 0.1) is 0 Å². The van der Waals surface area contributed by atoms with E-state index < -0.39 is 0 Å². The zero-order chi connectivity index (χ0) is 60.0. The summed E-state index contributed by atoms with van der Waals surface area (Å²) in [6.07, 6.45) is 0. The highest BCUT2D eigenvalue weighted by Crippen LogP contribution is 1.96. The normalized spacial score (nSPS) is 15.7. The lowest BCUT2D eigenvalue weighted by atomic mass is 12.3. The molecule has 0 amide bonds. The average Bonchev–Trinajstić information content (AvgIpc) is 3.50. The first-order valence-corrected chi connectivity index (χ1v) is 16.7. The van der Waals surface area contributed by atoms with Crippen molar-refractivity contribution in [2.75, 3.05) is 0 Å². The van der Waals surface area contributed by atoms with Crippen molar-refractivity contribution in [3.63, 3.8) is 0 Å². The molecule has 0 spiro atoms. The van der Waals surface area contributed by atoms with Crippen molar-refractivity contribution < 1.29 is 0 Å². The molecule has 0 aromatic heterocycles. The van der Waals surface area contributed by atoms with Gasteiger partial charge in [0.2, 0.25) is 0 Å². The van der Waals surface area contributed by atoms with Crippen LogP contribution in [0.5, 0.6) is 0 Å². The molecule has 0 fully saturated rings. The molecule has 0 saturated carbocycles. The minimum absolute atomic E-state index is 2.75. The van der Waals surface area contributed by atoms with Crippen molar-refractivity contribution in [3.8, 4) is 0 Å². The molecular formula is H4N84. The summed E-state index contributed by atoms with van der Waals surface area (Å²) in [5, 5.41) is 245. The topological polar surface area (TPSA) is 1070 Å². The van der Waals surface area contributed by atoms with Crippen molar-refractivity contribution >= 4 is 0 Å². The summed E-state index contributed by atoms with van der Waals surface area (Å²) in [6, 6.07) is 0. The van der Waals surface area contributed by atoms with E-state index in [0.29, 0.717) is 0 Å². The van der Waals surface area contributed by atoms with Gasteiger partial charge in [-0.25, -0.2) is 0 Å². The fourth-order valence-electron chi connectivity index (χ4n) is 1.44. The fourth-order valence-corrected chi connectivity index (χ4v) is 1.44. The third kappa shape index (κ3) is 65.2. The van der Waals surface area contributed by atoms with Gasteiger partial charge in [-0.1, -0.05) is 10.4 Å². The van der Waals surface area contributed by atoms with Crippen LogP contribution in [0.15, 0.2) is 428 Å². The number of nitrogens with zero attached hydrogens (tertiary/aromatic N) is 82. The van der Waals surface area contributed by atoms with Gasteiger partial charge in [0.1, 0.15) is 0 Å². The Balaban J connectivity index is 4.11. The van der Waals surface area contributed by atoms with Gasteiger partial charge in [0.25, 0.3) is 0 Å². The Kier molecular flexibility index (Phi) is 53.0. The standard InChI is InChI=1S/H4N84/c1-3-5-7-9-11-13-15-17-19-21-23-25-27-29-31-33-35-37-39-41-43-45-47-49-51-53-55-57-59-61-63-65-67-69-71-73-75-77-79-81-83-84-82-80-78-76-74-72-70-68-66-64-62-60-58-56-54-52-50-48-46-44-42-40-38-36-34-32-30-28-26-24-22-20-18-16-14-12-10-8-6-4-2/h(H2,1,4,5,8,9,12,13,16,17,20,21,24,25,28,29,32,33,36,37,40,41,44,45,48,49,52,53,56,57,60,61,64,65,68,69,72,73,76,77,80,81,84)(H2,2,3,6,7,10,11,14,15,18,19,22,23,26,27,30,31,34,35,38,39,42,43,46,47,50,51,54,55,58,59,62,63,66,67,70,71,74,75,78,79,82,83). The van der Waals surface area contributed by atoms with E-state index in [1.807, 2.05) is 0 Å². The average molecular weight is 1180 g/mol. The summed E-state index contributed by atoms with van der Waals surface area (Å²) < 4.78 is 0. The van der Waals surface area contributed by atoms with Crippen LogP contribution in [0.2, 0.25) is 0 Å². The lowest BCUT2D eigenvalue weighted by molar-refractivity contribution is 0.723. The Bertz CT molecular complexity index is 2780. The summed E-state index contributed by atoms with van der Waals surface area (Å²) in [5.41, 5.74) is 0. The van der Waals surface area contributed by atoms with Crippen LogP contribution < -0.4 is 11.7 Å². The maximum absolute atomic E-state index is 4.63. The summed E-state index contributed by atoms with van der Waals surface area (Å²) in [5.74, 6) is 9.27. The Morgan fingerprint density at radius 3 is 0.131 bits per heavy atom. The van der Waals surface area contributed by atoms with E-state index in [9.17, 15) is 0 Å². The van der Waals surface area contributed by atoms with Gasteiger partial charge in [-0.15, -0.1) is 0 Å². The van der Waals surface area contributed by atoms with Crippen LogP contribution in [0, 0.1) is 0 Å². The highest BCUT2D eigenvalue weighted by Gasteiger charge is 1.78. The van der Waals surface area contributed by atoms with E-state index in [-0.39, 0.29) is 0 Å². The first-order valence-electron chi connectivity index (χ1n) is 16.7. The molecule has 0 atom stereocenters. The molecule has 0 aliphatic heterocycles. The van der Waals surface area contributed by atoms with Crippen LogP contribution in [0.1, 0.15) is 0 Å². The fraction of sp³-hybridized carbons (Fsp3) is 0. The molecule has 0 rings (SSSR count). The summed E-state index contributed by atoms with van der Waals surface area (Å²) in [7, 11) is 0. The minimum atomic E-state index is 2.75. The van der Waals surface area contributed by atoms with E-state index in [2.05, 4.69) is 440 Å². The quantitative estimate of drug-likeness (QED) is 0.0343. The maximum atomic E-state index is 4.63. The molecule has 84 heavy (non-hydrogen) atoms. The van der Waals surface area contributed by atoms with E-state index in [1.54, 1.807) is 0 Å². The van der Waals surface area contributed by atoms with Crippen molar-refractivity contribution in [2.45, 2.75) is 0 Å². The first-order chi connectivity index (χ1) is 41.9. The molecule has 0 unspecified atom stereocenters. The van der Waals surface area contributed by atoms with Gasteiger partial charge in [-0.3, -0.25) is 0 Å². The Hall–Kier alpha value is -16.8. The Morgan fingerprint density at radius 2 is 0.0952 bits per heavy atom. The molecule has 424 valence electrons. The number of hydrogen-bond acceptors (Lipinski definition) is 2. The second kappa shape index (κ2) is 66.2. The molecule has 0 heterocycles. The van der Waals surface area contributed by atoms with E-state index in [4.69, 9.17) is 0 Å². The largest absolute Gasteiger partial charge is 0.303 e. The monoisotopic (exact) mass is 1180 g/mol. The second-order valence-corrected chi connectivity index (χ2v) is 7.39. The van der Waals surface area contributed by atoms with E-state index in [1.165, 1.54) is 0 Å². The molecular weight excluding hydrogens is 1180 g/mol. The Labute approximate surface area is 440 Å². The van der Waals surface area contributed by atoms with Gasteiger partial charge in [-0.2, -0.15) is 0 Å². The smallest absolute Gasteiger partial charge is 0 e. The summed E-state index contributed by atoms with van der Waals surface area (Å²) in [4.78, 5) is 0. The van der Waals surface area contributed by atoms with Gasteiger partial charge >= 0.3 is 0 Å². The predicted octanol–water partition coefficient (Wildman–Crippen LogP) is 13.9. The second-order valence-electron chi connectivity index (χ2n) is 7.39. The third-order valence-electron chi connectivity index (χ3n) is 3.26. The van der Waals surface area contributed by atoms with Crippen LogP contribution in [0.3, 0.4) is 0 Å².